The van der Waals surface area contributed by atoms with Gasteiger partial charge in [0.25, 0.3) is 0 Å². The molecule has 0 spiro atoms. The van der Waals surface area contributed by atoms with Crippen LogP contribution in [0.2, 0.25) is 0 Å². The van der Waals surface area contributed by atoms with Crippen LogP contribution in [0.3, 0.4) is 0 Å². The fourth-order valence-corrected chi connectivity index (χ4v) is 1.51. The minimum Gasteiger partial charge on any atom is -0.366 e. The van der Waals surface area contributed by atoms with Crippen LogP contribution >= 0.6 is 0 Å². The van der Waals surface area contributed by atoms with Gasteiger partial charge in [-0.15, -0.1) is 6.58 Å². The van der Waals surface area contributed by atoms with E-state index in [1.54, 1.807) is 0 Å². The Morgan fingerprint density at radius 2 is 2.18 bits per heavy atom. The van der Waals surface area contributed by atoms with Crippen molar-refractivity contribution in [3.63, 3.8) is 0 Å². The lowest BCUT2D eigenvalue weighted by molar-refractivity contribution is -0.141. The number of hydrogen-bond donors (Lipinski definition) is 1. The summed E-state index contributed by atoms with van der Waals surface area (Å²) in [5.74, 6) is 0. The zero-order chi connectivity index (χ0) is 7.84. The largest absolute Gasteiger partial charge is 0.366 e. The Hall–Kier alpha value is -0.380. The van der Waals surface area contributed by atoms with Crippen LogP contribution in [-0.2, 0) is 9.47 Å². The van der Waals surface area contributed by atoms with E-state index in [-0.39, 0.29) is 18.3 Å². The first-order chi connectivity index (χ1) is 5.33. The van der Waals surface area contributed by atoms with Gasteiger partial charge in [0.1, 0.15) is 12.2 Å². The number of aliphatic hydroxyl groups is 1. The van der Waals surface area contributed by atoms with E-state index in [1.165, 1.54) is 0 Å². The summed E-state index contributed by atoms with van der Waals surface area (Å²) in [6.45, 7) is 3.62. The van der Waals surface area contributed by atoms with E-state index in [1.807, 2.05) is 6.08 Å². The molecular weight excluding hydrogens is 144 g/mol. The molecule has 62 valence electrons. The first kappa shape index (κ1) is 7.28. The molecule has 0 aromatic carbocycles. The van der Waals surface area contributed by atoms with Crippen molar-refractivity contribution >= 4 is 0 Å². The van der Waals surface area contributed by atoms with E-state index >= 15 is 0 Å². The molecule has 0 bridgehead atoms. The van der Waals surface area contributed by atoms with E-state index < -0.39 is 6.29 Å². The number of ether oxygens (including phenoxy) is 2. The Labute approximate surface area is 65.6 Å². The van der Waals surface area contributed by atoms with E-state index in [0.717, 1.165) is 12.8 Å². The first-order valence-corrected chi connectivity index (χ1v) is 3.93. The number of allylic oxidation sites excluding steroid dienone is 1. The third-order valence-electron chi connectivity index (χ3n) is 2.18. The van der Waals surface area contributed by atoms with E-state index in [2.05, 4.69) is 6.58 Å². The smallest absolute Gasteiger partial charge is 0.184 e. The molecule has 2 aliphatic rings. The van der Waals surface area contributed by atoms with E-state index in [0.29, 0.717) is 0 Å². The second-order valence-corrected chi connectivity index (χ2v) is 3.00. The summed E-state index contributed by atoms with van der Waals surface area (Å²) >= 11 is 0. The second kappa shape index (κ2) is 2.59. The van der Waals surface area contributed by atoms with Gasteiger partial charge >= 0.3 is 0 Å². The van der Waals surface area contributed by atoms with Gasteiger partial charge in [-0.05, 0) is 12.8 Å². The summed E-state index contributed by atoms with van der Waals surface area (Å²) in [4.78, 5) is 0. The van der Waals surface area contributed by atoms with Crippen molar-refractivity contribution in [1.82, 2.24) is 0 Å². The Morgan fingerprint density at radius 1 is 1.36 bits per heavy atom. The van der Waals surface area contributed by atoms with Crippen LogP contribution in [0.15, 0.2) is 12.7 Å². The summed E-state index contributed by atoms with van der Waals surface area (Å²) in [5.41, 5.74) is 0. The summed E-state index contributed by atoms with van der Waals surface area (Å²) < 4.78 is 10.4. The summed E-state index contributed by atoms with van der Waals surface area (Å²) in [5, 5.41) is 9.14. The van der Waals surface area contributed by atoms with Gasteiger partial charge in [-0.3, -0.25) is 0 Å². The van der Waals surface area contributed by atoms with Gasteiger partial charge in [0.15, 0.2) is 6.29 Å². The molecule has 0 aliphatic carbocycles. The van der Waals surface area contributed by atoms with Gasteiger partial charge in [0.05, 0.1) is 6.10 Å². The van der Waals surface area contributed by atoms with Crippen molar-refractivity contribution in [3.8, 4) is 0 Å². The minimum atomic E-state index is -0.685. The van der Waals surface area contributed by atoms with Crippen LogP contribution in [0.25, 0.3) is 0 Å². The van der Waals surface area contributed by atoms with Crippen LogP contribution in [0.1, 0.15) is 12.8 Å². The monoisotopic (exact) mass is 156 g/mol. The predicted octanol–water partition coefficient (Wildman–Crippen LogP) is 0.437. The van der Waals surface area contributed by atoms with Crippen LogP contribution < -0.4 is 0 Å². The Balaban J connectivity index is 1.82. The lowest BCUT2D eigenvalue weighted by atomic mass is 10.1. The molecule has 2 saturated heterocycles. The van der Waals surface area contributed by atoms with Crippen molar-refractivity contribution in [2.75, 3.05) is 0 Å². The average Bonchev–Trinajstić information content (AvgIpc) is 2.71. The molecule has 0 aromatic heterocycles. The second-order valence-electron chi connectivity index (χ2n) is 3.00. The van der Waals surface area contributed by atoms with Crippen LogP contribution in [0, 0.1) is 0 Å². The molecule has 2 aliphatic heterocycles. The quantitative estimate of drug-likeness (QED) is 0.476. The number of hydrogen-bond acceptors (Lipinski definition) is 3. The number of fused-ring (bicyclic) bond motifs is 1. The van der Waals surface area contributed by atoms with Crippen molar-refractivity contribution in [1.29, 1.82) is 0 Å². The zero-order valence-electron chi connectivity index (χ0n) is 6.27. The van der Waals surface area contributed by atoms with E-state index in [4.69, 9.17) is 14.6 Å². The van der Waals surface area contributed by atoms with Gasteiger partial charge in [0.2, 0.25) is 0 Å². The molecule has 3 heteroatoms. The highest BCUT2D eigenvalue weighted by Gasteiger charge is 2.57. The van der Waals surface area contributed by atoms with Crippen molar-refractivity contribution in [2.45, 2.75) is 37.4 Å². The Kier molecular flexibility index (Phi) is 1.71. The molecule has 2 rings (SSSR count). The van der Waals surface area contributed by atoms with Gasteiger partial charge in [-0.25, -0.2) is 0 Å². The van der Waals surface area contributed by atoms with Crippen molar-refractivity contribution < 1.29 is 14.6 Å². The van der Waals surface area contributed by atoms with Gasteiger partial charge in [-0.2, -0.15) is 0 Å². The molecule has 4 atom stereocenters. The maximum Gasteiger partial charge on any atom is 0.184 e. The molecule has 0 aromatic rings. The summed E-state index contributed by atoms with van der Waals surface area (Å²) in [6, 6.07) is 0. The molecule has 2 heterocycles. The molecule has 11 heavy (non-hydrogen) atoms. The molecular formula is C8H12O3. The van der Waals surface area contributed by atoms with Crippen LogP contribution in [0.5, 0.6) is 0 Å². The lowest BCUT2D eigenvalue weighted by Gasteiger charge is -2.12. The molecule has 0 radical (unpaired) electrons. The Bertz CT molecular complexity index is 169. The normalized spacial score (nSPS) is 47.0. The highest BCUT2D eigenvalue weighted by Crippen LogP contribution is 2.39. The first-order valence-electron chi connectivity index (χ1n) is 3.93. The highest BCUT2D eigenvalue weighted by molar-refractivity contribution is 4.99. The molecule has 1 unspecified atom stereocenters. The minimum absolute atomic E-state index is 0.0372. The van der Waals surface area contributed by atoms with Gasteiger partial charge in [0, 0.05) is 0 Å². The maximum atomic E-state index is 9.14. The Morgan fingerprint density at radius 3 is 2.64 bits per heavy atom. The number of aliphatic hydroxyl groups excluding tert-OH is 1. The lowest BCUT2D eigenvalue weighted by Crippen LogP contribution is -2.18. The number of epoxide rings is 1. The highest BCUT2D eigenvalue weighted by atomic mass is 16.7. The predicted molar refractivity (Wildman–Crippen MR) is 39.0 cm³/mol. The van der Waals surface area contributed by atoms with Gasteiger partial charge in [-0.1, -0.05) is 6.08 Å². The third-order valence-corrected chi connectivity index (χ3v) is 2.18. The standard InChI is InChI=1S/C8H12O3/c1-2-3-4-5-6-7(11-6)8(9)10-5/h2,5-9H,1,3-4H2/t5-,6-,7-,8?/m1/s1. The zero-order valence-corrected chi connectivity index (χ0v) is 6.27. The van der Waals surface area contributed by atoms with Crippen LogP contribution in [0.4, 0.5) is 0 Å². The van der Waals surface area contributed by atoms with Crippen molar-refractivity contribution in [2.24, 2.45) is 0 Å². The molecule has 2 fully saturated rings. The molecule has 3 nitrogen and oxygen atoms in total. The summed E-state index contributed by atoms with van der Waals surface area (Å²) in [6.07, 6.45) is 3.20. The third kappa shape index (κ3) is 1.20. The fourth-order valence-electron chi connectivity index (χ4n) is 1.51. The van der Waals surface area contributed by atoms with Gasteiger partial charge < -0.3 is 14.6 Å². The molecule has 0 amide bonds. The molecule has 0 saturated carbocycles. The van der Waals surface area contributed by atoms with Crippen molar-refractivity contribution in [3.05, 3.63) is 12.7 Å². The van der Waals surface area contributed by atoms with E-state index in [9.17, 15) is 0 Å². The fraction of sp³-hybridized carbons (Fsp3) is 0.750. The molecule has 1 N–H and O–H groups in total. The average molecular weight is 156 g/mol. The topological polar surface area (TPSA) is 42.0 Å². The van der Waals surface area contributed by atoms with Crippen LogP contribution in [-0.4, -0.2) is 29.7 Å². The SMILES string of the molecule is C=CCC[C@H]1OC(O)[C@@H]2O[C@H]12. The maximum absolute atomic E-state index is 9.14. The summed E-state index contributed by atoms with van der Waals surface area (Å²) in [7, 11) is 0. The number of rotatable bonds is 3.